The third-order valence-corrected chi connectivity index (χ3v) is 3.97. The average molecular weight is 343 g/mol. The largest absolute Gasteiger partial charge is 0.534 e. The van der Waals surface area contributed by atoms with Crippen LogP contribution in [0.4, 0.5) is 23.2 Å². The van der Waals surface area contributed by atoms with Crippen molar-refractivity contribution in [2.24, 2.45) is 0 Å². The van der Waals surface area contributed by atoms with Crippen molar-refractivity contribution in [2.75, 3.05) is 24.6 Å². The highest BCUT2D eigenvalue weighted by molar-refractivity contribution is 7.88. The van der Waals surface area contributed by atoms with Gasteiger partial charge in [0.15, 0.2) is 11.6 Å². The summed E-state index contributed by atoms with van der Waals surface area (Å²) in [6, 6.07) is 3.12. The third-order valence-electron chi connectivity index (χ3n) is 3.00. The lowest BCUT2D eigenvalue weighted by molar-refractivity contribution is -0.0500. The summed E-state index contributed by atoms with van der Waals surface area (Å²) >= 11 is 0. The molecule has 1 saturated heterocycles. The van der Waals surface area contributed by atoms with Gasteiger partial charge in [-0.25, -0.2) is 4.39 Å². The van der Waals surface area contributed by atoms with Gasteiger partial charge in [0.05, 0.1) is 12.7 Å². The number of benzene rings is 1. The first kappa shape index (κ1) is 16.8. The fourth-order valence-corrected chi connectivity index (χ4v) is 2.43. The van der Waals surface area contributed by atoms with Gasteiger partial charge in [-0.15, -0.1) is 0 Å². The number of halogens is 4. The normalized spacial score (nSPS) is 20.0. The first-order valence-corrected chi connectivity index (χ1v) is 7.68. The molecule has 1 heterocycles. The summed E-state index contributed by atoms with van der Waals surface area (Å²) in [7, 11) is -5.91. The number of nitrogens with zero attached hydrogens (tertiary/aromatic N) is 1. The van der Waals surface area contributed by atoms with Crippen molar-refractivity contribution in [1.29, 1.82) is 0 Å². The fraction of sp³-hybridized carbons (Fsp3) is 0.500. The number of ether oxygens (including phenoxy) is 1. The number of hydrogen-bond donors (Lipinski definition) is 0. The van der Waals surface area contributed by atoms with E-state index in [-0.39, 0.29) is 6.10 Å². The van der Waals surface area contributed by atoms with Gasteiger partial charge in [-0.2, -0.15) is 21.6 Å². The van der Waals surface area contributed by atoms with Gasteiger partial charge < -0.3 is 13.8 Å². The molecule has 1 aliphatic heterocycles. The predicted octanol–water partition coefficient (Wildman–Crippen LogP) is 2.28. The second kappa shape index (κ2) is 5.92. The van der Waals surface area contributed by atoms with E-state index in [4.69, 9.17) is 4.74 Å². The lowest BCUT2D eigenvalue weighted by atomic mass is 10.2. The van der Waals surface area contributed by atoms with E-state index in [2.05, 4.69) is 4.18 Å². The predicted molar refractivity (Wildman–Crippen MR) is 69.6 cm³/mol. The summed E-state index contributed by atoms with van der Waals surface area (Å²) in [5.74, 6) is -2.19. The van der Waals surface area contributed by atoms with Crippen molar-refractivity contribution in [2.45, 2.75) is 18.5 Å². The van der Waals surface area contributed by atoms with E-state index < -0.39 is 27.2 Å². The van der Waals surface area contributed by atoms with Crippen LogP contribution in [-0.4, -0.2) is 39.7 Å². The standard InChI is InChI=1S/C12H13F4NO4S/c1-8-7-17(4-5-20-8)9-2-3-10(13)11(6-9)21-22(18,19)12(14,15)16/h2-3,6,8H,4-5,7H2,1H3/t8-/m1/s1. The Morgan fingerprint density at radius 3 is 2.64 bits per heavy atom. The van der Waals surface area contributed by atoms with Gasteiger partial charge in [-0.3, -0.25) is 0 Å². The van der Waals surface area contributed by atoms with E-state index in [0.717, 1.165) is 12.1 Å². The zero-order chi connectivity index (χ0) is 16.5. The van der Waals surface area contributed by atoms with Gasteiger partial charge in [-0.05, 0) is 19.1 Å². The van der Waals surface area contributed by atoms with Crippen LogP contribution in [0.15, 0.2) is 18.2 Å². The molecule has 10 heteroatoms. The highest BCUT2D eigenvalue weighted by Crippen LogP contribution is 2.31. The molecule has 0 aromatic heterocycles. The molecule has 1 atom stereocenters. The van der Waals surface area contributed by atoms with Crippen LogP contribution in [0.2, 0.25) is 0 Å². The van der Waals surface area contributed by atoms with Crippen LogP contribution in [-0.2, 0) is 14.9 Å². The minimum atomic E-state index is -5.91. The highest BCUT2D eigenvalue weighted by Gasteiger charge is 2.49. The van der Waals surface area contributed by atoms with Gasteiger partial charge >= 0.3 is 15.6 Å². The Kier molecular flexibility index (Phi) is 4.52. The second-order valence-corrected chi connectivity index (χ2v) is 6.26. The molecule has 0 N–H and O–H groups in total. The maximum absolute atomic E-state index is 13.5. The number of hydrogen-bond acceptors (Lipinski definition) is 5. The molecular formula is C12H13F4NO4S. The summed E-state index contributed by atoms with van der Waals surface area (Å²) in [5.41, 5.74) is -5.27. The first-order valence-electron chi connectivity index (χ1n) is 6.27. The Balaban J connectivity index is 2.28. The van der Waals surface area contributed by atoms with Crippen LogP contribution in [0.5, 0.6) is 5.75 Å². The second-order valence-electron chi connectivity index (χ2n) is 4.73. The monoisotopic (exact) mass is 343 g/mol. The quantitative estimate of drug-likeness (QED) is 0.479. The van der Waals surface area contributed by atoms with Crippen LogP contribution in [0.3, 0.4) is 0 Å². The fourth-order valence-electron chi connectivity index (χ4n) is 1.97. The molecular weight excluding hydrogens is 330 g/mol. The Hall–Kier alpha value is -1.55. The first-order chi connectivity index (χ1) is 10.1. The van der Waals surface area contributed by atoms with Gasteiger partial charge in [0, 0.05) is 24.8 Å². The highest BCUT2D eigenvalue weighted by atomic mass is 32.2. The summed E-state index contributed by atoms with van der Waals surface area (Å²) in [6.07, 6.45) is -0.109. The molecule has 124 valence electrons. The molecule has 0 bridgehead atoms. The molecule has 0 radical (unpaired) electrons. The number of morpholine rings is 1. The maximum atomic E-state index is 13.5. The molecule has 0 unspecified atom stereocenters. The van der Waals surface area contributed by atoms with Gasteiger partial charge in [-0.1, -0.05) is 0 Å². The lowest BCUT2D eigenvalue weighted by Crippen LogP contribution is -2.41. The SMILES string of the molecule is C[C@@H]1CN(c2ccc(F)c(OS(=O)(=O)C(F)(F)F)c2)CCO1. The van der Waals surface area contributed by atoms with Crippen molar-refractivity contribution in [3.8, 4) is 5.75 Å². The van der Waals surface area contributed by atoms with Crippen molar-refractivity contribution >= 4 is 15.8 Å². The van der Waals surface area contributed by atoms with E-state index in [1.165, 1.54) is 6.07 Å². The van der Waals surface area contributed by atoms with E-state index in [1.54, 1.807) is 11.8 Å². The minimum absolute atomic E-state index is 0.109. The van der Waals surface area contributed by atoms with E-state index in [1.807, 2.05) is 0 Å². The van der Waals surface area contributed by atoms with Gasteiger partial charge in [0.2, 0.25) is 0 Å². The average Bonchev–Trinajstić information content (AvgIpc) is 2.39. The molecule has 22 heavy (non-hydrogen) atoms. The Bertz CT molecular complexity index is 647. The zero-order valence-electron chi connectivity index (χ0n) is 11.4. The molecule has 1 aromatic carbocycles. The summed E-state index contributed by atoms with van der Waals surface area (Å²) in [5, 5.41) is 0. The summed E-state index contributed by atoms with van der Waals surface area (Å²) in [4.78, 5) is 1.74. The minimum Gasteiger partial charge on any atom is -0.375 e. The zero-order valence-corrected chi connectivity index (χ0v) is 12.2. The van der Waals surface area contributed by atoms with Crippen molar-refractivity contribution < 1.29 is 34.9 Å². The molecule has 5 nitrogen and oxygen atoms in total. The molecule has 1 fully saturated rings. The van der Waals surface area contributed by atoms with Crippen molar-refractivity contribution in [3.05, 3.63) is 24.0 Å². The van der Waals surface area contributed by atoms with Crippen LogP contribution in [0, 0.1) is 5.82 Å². The Labute approximate surface area is 124 Å². The van der Waals surface area contributed by atoms with Crippen LogP contribution >= 0.6 is 0 Å². The molecule has 2 rings (SSSR count). The van der Waals surface area contributed by atoms with E-state index in [0.29, 0.717) is 25.4 Å². The summed E-state index contributed by atoms with van der Waals surface area (Å²) in [6.45, 7) is 3.09. The number of rotatable bonds is 3. The van der Waals surface area contributed by atoms with Gasteiger partial charge in [0.25, 0.3) is 0 Å². The summed E-state index contributed by atoms with van der Waals surface area (Å²) < 4.78 is 81.5. The van der Waals surface area contributed by atoms with Crippen molar-refractivity contribution in [1.82, 2.24) is 0 Å². The molecule has 1 aliphatic rings. The number of anilines is 1. The Morgan fingerprint density at radius 2 is 2.05 bits per heavy atom. The van der Waals surface area contributed by atoms with Crippen LogP contribution in [0.1, 0.15) is 6.92 Å². The molecule has 0 spiro atoms. The van der Waals surface area contributed by atoms with E-state index >= 15 is 0 Å². The third kappa shape index (κ3) is 3.61. The Morgan fingerprint density at radius 1 is 1.36 bits per heavy atom. The van der Waals surface area contributed by atoms with Crippen molar-refractivity contribution in [3.63, 3.8) is 0 Å². The van der Waals surface area contributed by atoms with Crippen LogP contribution < -0.4 is 9.08 Å². The van der Waals surface area contributed by atoms with E-state index in [9.17, 15) is 26.0 Å². The molecule has 0 saturated carbocycles. The van der Waals surface area contributed by atoms with Crippen LogP contribution in [0.25, 0.3) is 0 Å². The maximum Gasteiger partial charge on any atom is 0.534 e. The van der Waals surface area contributed by atoms with Gasteiger partial charge in [0.1, 0.15) is 0 Å². The smallest absolute Gasteiger partial charge is 0.375 e. The topological polar surface area (TPSA) is 55.8 Å². The molecule has 0 amide bonds. The molecule has 0 aliphatic carbocycles. The molecule has 1 aromatic rings. The number of alkyl halides is 3. The lowest BCUT2D eigenvalue weighted by Gasteiger charge is -2.33.